The normalized spacial score (nSPS) is 11.2. The van der Waals surface area contributed by atoms with Gasteiger partial charge in [0.25, 0.3) is 5.91 Å². The van der Waals surface area contributed by atoms with Crippen LogP contribution in [0.1, 0.15) is 29.8 Å². The minimum Gasteiger partial charge on any atom is -0.464 e. The van der Waals surface area contributed by atoms with Crippen LogP contribution in [0.4, 0.5) is 0 Å². The Labute approximate surface area is 106 Å². The maximum atomic E-state index is 11.8. The minimum absolute atomic E-state index is 0.288. The molecular formula is C14H15NO3. The van der Waals surface area contributed by atoms with Gasteiger partial charge in [-0.1, -0.05) is 5.92 Å². The SMILES string of the molecule is C#Cc1ccc(C(=O)N[C@@H](C)C(=O)OCC)cc1. The number of hydrogen-bond donors (Lipinski definition) is 1. The van der Waals surface area contributed by atoms with E-state index in [1.165, 1.54) is 0 Å². The predicted octanol–water partition coefficient (Wildman–Crippen LogP) is 1.35. The van der Waals surface area contributed by atoms with Crippen LogP contribution < -0.4 is 5.32 Å². The smallest absolute Gasteiger partial charge is 0.328 e. The van der Waals surface area contributed by atoms with Gasteiger partial charge in [0.2, 0.25) is 0 Å². The van der Waals surface area contributed by atoms with Gasteiger partial charge in [0.15, 0.2) is 0 Å². The number of benzene rings is 1. The summed E-state index contributed by atoms with van der Waals surface area (Å²) in [5.41, 5.74) is 1.15. The molecule has 0 spiro atoms. The van der Waals surface area contributed by atoms with E-state index < -0.39 is 12.0 Å². The van der Waals surface area contributed by atoms with Crippen molar-refractivity contribution in [3.05, 3.63) is 35.4 Å². The van der Waals surface area contributed by atoms with Crippen LogP contribution in [-0.4, -0.2) is 24.5 Å². The van der Waals surface area contributed by atoms with Gasteiger partial charge in [0, 0.05) is 11.1 Å². The summed E-state index contributed by atoms with van der Waals surface area (Å²) in [6.45, 7) is 3.58. The Bertz CT molecular complexity index is 471. The molecule has 1 rings (SSSR count). The molecule has 1 aromatic rings. The average molecular weight is 245 g/mol. The molecule has 0 aliphatic rings. The Morgan fingerprint density at radius 1 is 1.39 bits per heavy atom. The third-order valence-corrected chi connectivity index (χ3v) is 2.30. The van der Waals surface area contributed by atoms with Crippen molar-refractivity contribution in [2.24, 2.45) is 0 Å². The van der Waals surface area contributed by atoms with Gasteiger partial charge in [-0.3, -0.25) is 4.79 Å². The second kappa shape index (κ2) is 6.45. The number of carbonyl (C=O) groups excluding carboxylic acids is 2. The van der Waals surface area contributed by atoms with Gasteiger partial charge in [-0.05, 0) is 38.1 Å². The van der Waals surface area contributed by atoms with Crippen LogP contribution in [0.15, 0.2) is 24.3 Å². The quantitative estimate of drug-likeness (QED) is 0.643. The summed E-state index contributed by atoms with van der Waals surface area (Å²) in [5, 5.41) is 2.55. The summed E-state index contributed by atoms with van der Waals surface area (Å²) >= 11 is 0. The number of esters is 1. The third kappa shape index (κ3) is 3.63. The maximum absolute atomic E-state index is 11.8. The molecule has 18 heavy (non-hydrogen) atoms. The highest BCUT2D eigenvalue weighted by Gasteiger charge is 2.17. The van der Waals surface area contributed by atoms with E-state index in [1.807, 2.05) is 0 Å². The first-order valence-corrected chi connectivity index (χ1v) is 5.62. The molecule has 4 heteroatoms. The van der Waals surface area contributed by atoms with Crippen molar-refractivity contribution in [2.75, 3.05) is 6.61 Å². The molecule has 0 bridgehead atoms. The zero-order valence-corrected chi connectivity index (χ0v) is 10.4. The molecule has 0 aliphatic heterocycles. The zero-order valence-electron chi connectivity index (χ0n) is 10.4. The van der Waals surface area contributed by atoms with Crippen molar-refractivity contribution in [1.29, 1.82) is 0 Å². The van der Waals surface area contributed by atoms with Crippen LogP contribution in [-0.2, 0) is 9.53 Å². The van der Waals surface area contributed by atoms with Crippen molar-refractivity contribution >= 4 is 11.9 Å². The maximum Gasteiger partial charge on any atom is 0.328 e. The molecule has 0 aliphatic carbocycles. The molecule has 0 saturated carbocycles. The number of amides is 1. The standard InChI is InChI=1S/C14H15NO3/c1-4-11-6-8-12(9-7-11)13(16)15-10(3)14(17)18-5-2/h1,6-10H,5H2,2-3H3,(H,15,16)/t10-/m0/s1. The van der Waals surface area contributed by atoms with E-state index in [-0.39, 0.29) is 12.5 Å². The lowest BCUT2D eigenvalue weighted by Gasteiger charge is -2.12. The highest BCUT2D eigenvalue weighted by atomic mass is 16.5. The fourth-order valence-corrected chi connectivity index (χ4v) is 1.32. The van der Waals surface area contributed by atoms with Crippen molar-refractivity contribution in [1.82, 2.24) is 5.32 Å². The van der Waals surface area contributed by atoms with E-state index in [9.17, 15) is 9.59 Å². The predicted molar refractivity (Wildman–Crippen MR) is 67.9 cm³/mol. The van der Waals surface area contributed by atoms with E-state index in [0.717, 1.165) is 0 Å². The molecule has 1 amide bonds. The Morgan fingerprint density at radius 2 is 2.00 bits per heavy atom. The minimum atomic E-state index is -0.676. The van der Waals surface area contributed by atoms with Crippen molar-refractivity contribution in [3.8, 4) is 12.3 Å². The Morgan fingerprint density at radius 3 is 2.50 bits per heavy atom. The first-order valence-electron chi connectivity index (χ1n) is 5.62. The second-order valence-electron chi connectivity index (χ2n) is 3.67. The van der Waals surface area contributed by atoms with Crippen LogP contribution in [0.5, 0.6) is 0 Å². The van der Waals surface area contributed by atoms with Crippen molar-refractivity contribution in [2.45, 2.75) is 19.9 Å². The first kappa shape index (κ1) is 13.8. The summed E-state index contributed by atoms with van der Waals surface area (Å²) in [7, 11) is 0. The van der Waals surface area contributed by atoms with E-state index in [4.69, 9.17) is 11.2 Å². The topological polar surface area (TPSA) is 55.4 Å². The monoisotopic (exact) mass is 245 g/mol. The molecule has 4 nitrogen and oxygen atoms in total. The molecule has 0 saturated heterocycles. The van der Waals surface area contributed by atoms with Crippen LogP contribution >= 0.6 is 0 Å². The van der Waals surface area contributed by atoms with Crippen LogP contribution in [0, 0.1) is 12.3 Å². The Kier molecular flexibility index (Phi) is 4.94. The van der Waals surface area contributed by atoms with Gasteiger partial charge in [-0.2, -0.15) is 0 Å². The molecule has 0 fully saturated rings. The number of rotatable bonds is 4. The third-order valence-electron chi connectivity index (χ3n) is 2.30. The fraction of sp³-hybridized carbons (Fsp3) is 0.286. The molecular weight excluding hydrogens is 230 g/mol. The molecule has 0 heterocycles. The Hall–Kier alpha value is -2.28. The van der Waals surface area contributed by atoms with E-state index in [0.29, 0.717) is 11.1 Å². The lowest BCUT2D eigenvalue weighted by molar-refractivity contribution is -0.144. The lowest BCUT2D eigenvalue weighted by Crippen LogP contribution is -2.39. The van der Waals surface area contributed by atoms with E-state index in [2.05, 4.69) is 11.2 Å². The summed E-state index contributed by atoms with van der Waals surface area (Å²) in [4.78, 5) is 23.1. The largest absolute Gasteiger partial charge is 0.464 e. The van der Waals surface area contributed by atoms with E-state index >= 15 is 0 Å². The number of terminal acetylenes is 1. The number of hydrogen-bond acceptors (Lipinski definition) is 3. The number of nitrogens with one attached hydrogen (secondary N) is 1. The van der Waals surface area contributed by atoms with Gasteiger partial charge in [0.1, 0.15) is 6.04 Å². The Balaban J connectivity index is 2.65. The highest BCUT2D eigenvalue weighted by Crippen LogP contribution is 2.03. The van der Waals surface area contributed by atoms with Gasteiger partial charge in [-0.25, -0.2) is 4.79 Å². The fourth-order valence-electron chi connectivity index (χ4n) is 1.32. The highest BCUT2D eigenvalue weighted by molar-refractivity contribution is 5.96. The molecule has 0 unspecified atom stereocenters. The van der Waals surface area contributed by atoms with Gasteiger partial charge < -0.3 is 10.1 Å². The number of ether oxygens (including phenoxy) is 1. The molecule has 1 atom stereocenters. The van der Waals surface area contributed by atoms with Gasteiger partial charge in [-0.15, -0.1) is 6.42 Å². The summed E-state index contributed by atoms with van der Waals surface area (Å²) in [6, 6.07) is 5.89. The zero-order chi connectivity index (χ0) is 13.5. The van der Waals surface area contributed by atoms with Gasteiger partial charge in [0.05, 0.1) is 6.61 Å². The molecule has 1 N–H and O–H groups in total. The van der Waals surface area contributed by atoms with Crippen LogP contribution in [0.3, 0.4) is 0 Å². The van der Waals surface area contributed by atoms with Crippen molar-refractivity contribution < 1.29 is 14.3 Å². The summed E-state index contributed by atoms with van der Waals surface area (Å²) in [5.74, 6) is 1.68. The molecule has 0 radical (unpaired) electrons. The molecule has 1 aromatic carbocycles. The second-order valence-corrected chi connectivity index (χ2v) is 3.67. The van der Waals surface area contributed by atoms with Gasteiger partial charge >= 0.3 is 5.97 Å². The van der Waals surface area contributed by atoms with E-state index in [1.54, 1.807) is 38.1 Å². The number of carbonyl (C=O) groups is 2. The first-order chi connectivity index (χ1) is 8.58. The average Bonchev–Trinajstić information content (AvgIpc) is 2.39. The molecule has 94 valence electrons. The van der Waals surface area contributed by atoms with Crippen LogP contribution in [0.2, 0.25) is 0 Å². The lowest BCUT2D eigenvalue weighted by atomic mass is 10.1. The van der Waals surface area contributed by atoms with Crippen molar-refractivity contribution in [3.63, 3.8) is 0 Å². The molecule has 0 aromatic heterocycles. The summed E-state index contributed by atoms with van der Waals surface area (Å²) in [6.07, 6.45) is 5.22. The summed E-state index contributed by atoms with van der Waals surface area (Å²) < 4.78 is 4.80. The van der Waals surface area contributed by atoms with Crippen LogP contribution in [0.25, 0.3) is 0 Å².